The molecule has 2 unspecified atom stereocenters. The molecule has 4 rings (SSSR count). The van der Waals surface area contributed by atoms with E-state index in [9.17, 15) is 0 Å². The molecular formula is C17H18N2. The number of aromatic nitrogens is 1. The van der Waals surface area contributed by atoms with Gasteiger partial charge in [0, 0.05) is 23.9 Å². The van der Waals surface area contributed by atoms with Crippen LogP contribution in [0.4, 0.5) is 0 Å². The van der Waals surface area contributed by atoms with Crippen molar-refractivity contribution in [2.45, 2.75) is 31.2 Å². The maximum atomic E-state index is 4.65. The Morgan fingerprint density at radius 3 is 2.89 bits per heavy atom. The van der Waals surface area contributed by atoms with Gasteiger partial charge in [-0.15, -0.1) is 0 Å². The van der Waals surface area contributed by atoms with Crippen LogP contribution in [0.25, 0.3) is 0 Å². The van der Waals surface area contributed by atoms with Gasteiger partial charge >= 0.3 is 0 Å². The fourth-order valence-corrected chi connectivity index (χ4v) is 3.66. The van der Waals surface area contributed by atoms with E-state index in [1.54, 1.807) is 0 Å². The molecule has 0 fully saturated rings. The van der Waals surface area contributed by atoms with Crippen molar-refractivity contribution in [3.8, 4) is 0 Å². The first-order chi connectivity index (χ1) is 9.43. The molecule has 1 aromatic carbocycles. The van der Waals surface area contributed by atoms with E-state index in [1.807, 2.05) is 6.20 Å². The van der Waals surface area contributed by atoms with Gasteiger partial charge < -0.3 is 5.32 Å². The highest BCUT2D eigenvalue weighted by atomic mass is 14.9. The molecule has 2 aromatic rings. The predicted octanol–water partition coefficient (Wildman–Crippen LogP) is 3.00. The van der Waals surface area contributed by atoms with Gasteiger partial charge in [-0.2, -0.15) is 0 Å². The van der Waals surface area contributed by atoms with Crippen LogP contribution in [-0.2, 0) is 12.8 Å². The van der Waals surface area contributed by atoms with Crippen LogP contribution in [0, 0.1) is 0 Å². The molecule has 0 saturated carbocycles. The third-order valence-corrected chi connectivity index (χ3v) is 4.55. The average molecular weight is 250 g/mol. The largest absolute Gasteiger partial charge is 0.309 e. The Hall–Kier alpha value is -1.67. The highest BCUT2D eigenvalue weighted by molar-refractivity contribution is 5.38. The number of pyridine rings is 1. The second-order valence-corrected chi connectivity index (χ2v) is 5.57. The third kappa shape index (κ3) is 1.79. The third-order valence-electron chi connectivity index (χ3n) is 4.55. The first kappa shape index (κ1) is 11.2. The molecule has 2 aliphatic rings. The van der Waals surface area contributed by atoms with E-state index in [-0.39, 0.29) is 0 Å². The number of hydrogen-bond acceptors (Lipinski definition) is 2. The van der Waals surface area contributed by atoms with Crippen LogP contribution in [0.5, 0.6) is 0 Å². The van der Waals surface area contributed by atoms with Crippen molar-refractivity contribution in [1.29, 1.82) is 0 Å². The van der Waals surface area contributed by atoms with Crippen molar-refractivity contribution in [2.75, 3.05) is 6.54 Å². The van der Waals surface area contributed by atoms with Gasteiger partial charge in [0.2, 0.25) is 0 Å². The monoisotopic (exact) mass is 250 g/mol. The summed E-state index contributed by atoms with van der Waals surface area (Å²) >= 11 is 0. The summed E-state index contributed by atoms with van der Waals surface area (Å²) in [4.78, 5) is 4.65. The Kier molecular flexibility index (Phi) is 2.63. The van der Waals surface area contributed by atoms with E-state index in [0.717, 1.165) is 13.0 Å². The molecule has 0 amide bonds. The molecule has 0 spiro atoms. The maximum absolute atomic E-state index is 4.65. The lowest BCUT2D eigenvalue weighted by Crippen LogP contribution is -2.33. The van der Waals surface area contributed by atoms with Crippen LogP contribution >= 0.6 is 0 Å². The molecule has 0 saturated heterocycles. The minimum atomic E-state index is 0.445. The summed E-state index contributed by atoms with van der Waals surface area (Å²) in [6, 6.07) is 13.6. The second kappa shape index (κ2) is 4.46. The number of nitrogens with one attached hydrogen (secondary N) is 1. The minimum absolute atomic E-state index is 0.445. The van der Waals surface area contributed by atoms with E-state index in [4.69, 9.17) is 0 Å². The molecule has 19 heavy (non-hydrogen) atoms. The van der Waals surface area contributed by atoms with Crippen molar-refractivity contribution in [3.05, 3.63) is 65.0 Å². The molecule has 2 heteroatoms. The highest BCUT2D eigenvalue weighted by Gasteiger charge is 2.33. The normalized spacial score (nSPS) is 24.8. The standard InChI is InChI=1S/C17H18N2/c1-2-6-14-12(4-1)9-11-19-17(14)15-8-7-13-5-3-10-18-16(13)15/h1-6,10,15,17,19H,7-9,11H2. The summed E-state index contributed by atoms with van der Waals surface area (Å²) in [7, 11) is 0. The number of benzene rings is 1. The molecule has 2 heterocycles. The maximum Gasteiger partial charge on any atom is 0.0485 e. The SMILES string of the molecule is c1ccc2c(c1)CCNC2C1CCc2cccnc21. The van der Waals surface area contributed by atoms with Crippen molar-refractivity contribution in [1.82, 2.24) is 10.3 Å². The number of aryl methyl sites for hydroxylation is 1. The van der Waals surface area contributed by atoms with E-state index >= 15 is 0 Å². The van der Waals surface area contributed by atoms with Crippen molar-refractivity contribution < 1.29 is 0 Å². The zero-order valence-electron chi connectivity index (χ0n) is 11.0. The molecule has 0 bridgehead atoms. The zero-order valence-corrected chi connectivity index (χ0v) is 11.0. The van der Waals surface area contributed by atoms with Crippen LogP contribution in [0.2, 0.25) is 0 Å². The number of nitrogens with zero attached hydrogens (tertiary/aromatic N) is 1. The van der Waals surface area contributed by atoms with Gasteiger partial charge in [-0.1, -0.05) is 30.3 Å². The molecule has 1 N–H and O–H groups in total. The zero-order chi connectivity index (χ0) is 12.7. The van der Waals surface area contributed by atoms with Crippen molar-refractivity contribution in [3.63, 3.8) is 0 Å². The van der Waals surface area contributed by atoms with E-state index < -0.39 is 0 Å². The molecule has 1 aromatic heterocycles. The smallest absolute Gasteiger partial charge is 0.0485 e. The summed E-state index contributed by atoms with van der Waals surface area (Å²) in [5.74, 6) is 0.539. The van der Waals surface area contributed by atoms with E-state index in [2.05, 4.69) is 46.7 Å². The Morgan fingerprint density at radius 2 is 1.89 bits per heavy atom. The number of fused-ring (bicyclic) bond motifs is 2. The molecule has 2 atom stereocenters. The van der Waals surface area contributed by atoms with E-state index in [1.165, 1.54) is 35.2 Å². The predicted molar refractivity (Wildman–Crippen MR) is 76.2 cm³/mol. The average Bonchev–Trinajstić information content (AvgIpc) is 2.90. The Balaban J connectivity index is 1.76. The second-order valence-electron chi connectivity index (χ2n) is 5.57. The molecular weight excluding hydrogens is 232 g/mol. The Labute approximate surface area is 113 Å². The van der Waals surface area contributed by atoms with Gasteiger partial charge in [-0.05, 0) is 48.6 Å². The van der Waals surface area contributed by atoms with Crippen LogP contribution in [0.3, 0.4) is 0 Å². The van der Waals surface area contributed by atoms with Crippen molar-refractivity contribution >= 4 is 0 Å². The first-order valence-corrected chi connectivity index (χ1v) is 7.18. The fraction of sp³-hybridized carbons (Fsp3) is 0.353. The van der Waals surface area contributed by atoms with Crippen LogP contribution in [-0.4, -0.2) is 11.5 Å². The van der Waals surface area contributed by atoms with Crippen molar-refractivity contribution in [2.24, 2.45) is 0 Å². The van der Waals surface area contributed by atoms with Crippen LogP contribution < -0.4 is 5.32 Å². The van der Waals surface area contributed by atoms with Gasteiger partial charge in [0.1, 0.15) is 0 Å². The van der Waals surface area contributed by atoms with Gasteiger partial charge in [0.05, 0.1) is 0 Å². The molecule has 1 aliphatic carbocycles. The molecule has 1 aliphatic heterocycles. The summed E-state index contributed by atoms with van der Waals surface area (Å²) < 4.78 is 0. The van der Waals surface area contributed by atoms with Gasteiger partial charge in [0.15, 0.2) is 0 Å². The quantitative estimate of drug-likeness (QED) is 0.841. The lowest BCUT2D eigenvalue weighted by Gasteiger charge is -2.31. The summed E-state index contributed by atoms with van der Waals surface area (Å²) in [6.45, 7) is 1.08. The number of rotatable bonds is 1. The summed E-state index contributed by atoms with van der Waals surface area (Å²) in [5, 5.41) is 3.72. The molecule has 96 valence electrons. The lowest BCUT2D eigenvalue weighted by atomic mass is 9.85. The molecule has 2 nitrogen and oxygen atoms in total. The van der Waals surface area contributed by atoms with Crippen LogP contribution in [0.1, 0.15) is 40.8 Å². The van der Waals surface area contributed by atoms with Gasteiger partial charge in [-0.25, -0.2) is 0 Å². The molecule has 0 radical (unpaired) electrons. The van der Waals surface area contributed by atoms with Gasteiger partial charge in [-0.3, -0.25) is 4.98 Å². The highest BCUT2D eigenvalue weighted by Crippen LogP contribution is 2.42. The fourth-order valence-electron chi connectivity index (χ4n) is 3.66. The van der Waals surface area contributed by atoms with Gasteiger partial charge in [0.25, 0.3) is 0 Å². The topological polar surface area (TPSA) is 24.9 Å². The van der Waals surface area contributed by atoms with Crippen LogP contribution in [0.15, 0.2) is 42.6 Å². The number of hydrogen-bond donors (Lipinski definition) is 1. The summed E-state index contributed by atoms with van der Waals surface area (Å²) in [6.07, 6.45) is 5.48. The summed E-state index contributed by atoms with van der Waals surface area (Å²) in [5.41, 5.74) is 5.75. The Morgan fingerprint density at radius 1 is 1.00 bits per heavy atom. The first-order valence-electron chi connectivity index (χ1n) is 7.18. The Bertz CT molecular complexity index is 606. The lowest BCUT2D eigenvalue weighted by molar-refractivity contribution is 0.419. The minimum Gasteiger partial charge on any atom is -0.309 e. The van der Waals surface area contributed by atoms with E-state index in [0.29, 0.717) is 12.0 Å².